The van der Waals surface area contributed by atoms with Gasteiger partial charge in [-0.25, -0.2) is 4.98 Å². The van der Waals surface area contributed by atoms with Crippen LogP contribution >= 0.6 is 24.0 Å². The fourth-order valence-corrected chi connectivity index (χ4v) is 8.64. The van der Waals surface area contributed by atoms with Gasteiger partial charge in [-0.3, -0.25) is 33.7 Å². The first-order valence-electron chi connectivity index (χ1n) is 22.4. The van der Waals surface area contributed by atoms with E-state index in [0.29, 0.717) is 49.4 Å². The van der Waals surface area contributed by atoms with Crippen molar-refractivity contribution in [1.82, 2.24) is 30.7 Å². The van der Waals surface area contributed by atoms with Crippen molar-refractivity contribution < 1.29 is 43.3 Å². The number of aromatic hydroxyl groups is 1. The molecule has 4 N–H and O–H groups in total. The Morgan fingerprint density at radius 1 is 1.02 bits per heavy atom. The number of nitrogens with zero attached hydrogens (tertiary/aromatic N) is 3. The first-order chi connectivity index (χ1) is 29.8. The molecule has 1 aliphatic heterocycles. The number of phenols is 1. The van der Waals surface area contributed by atoms with Crippen molar-refractivity contribution in [3.63, 3.8) is 0 Å². The minimum Gasteiger partial charge on any atom is -0.508 e. The summed E-state index contributed by atoms with van der Waals surface area (Å²) in [6.45, 7) is 15.4. The van der Waals surface area contributed by atoms with E-state index in [1.807, 2.05) is 65.6 Å². The second kappa shape index (κ2) is 26.5. The predicted molar refractivity (Wildman–Crippen MR) is 247 cm³/mol. The van der Waals surface area contributed by atoms with Crippen molar-refractivity contribution in [2.45, 2.75) is 143 Å². The van der Waals surface area contributed by atoms with Crippen LogP contribution < -0.4 is 16.0 Å². The maximum absolute atomic E-state index is 14.9. The number of likely N-dealkylation sites (tertiary alicyclic amines) is 1. The summed E-state index contributed by atoms with van der Waals surface area (Å²) in [6, 6.07) is 4.43. The molecular formula is C46H72N6O9S2. The van der Waals surface area contributed by atoms with Gasteiger partial charge in [-0.15, -0.1) is 11.3 Å². The van der Waals surface area contributed by atoms with E-state index in [-0.39, 0.29) is 66.6 Å². The number of phenolic OH excluding ortho intramolecular Hbond substituents is 1. The number of carbonyl (C=O) groups is 6. The van der Waals surface area contributed by atoms with E-state index in [9.17, 15) is 33.9 Å². The molecule has 0 saturated carbocycles. The third kappa shape index (κ3) is 17.4. The van der Waals surface area contributed by atoms with Crippen LogP contribution in [0.4, 0.5) is 0 Å². The van der Waals surface area contributed by atoms with Crippen LogP contribution in [0.5, 0.6) is 5.75 Å². The number of nitrogens with one attached hydrogen (secondary N) is 3. The molecule has 63 heavy (non-hydrogen) atoms. The highest BCUT2D eigenvalue weighted by molar-refractivity contribution is 7.80. The lowest BCUT2D eigenvalue weighted by Crippen LogP contribution is -2.59. The Kier molecular flexibility index (Phi) is 22.4. The molecule has 15 nitrogen and oxygen atoms in total. The molecule has 3 rings (SSSR count). The van der Waals surface area contributed by atoms with Crippen molar-refractivity contribution in [2.24, 2.45) is 23.7 Å². The number of hydrogen-bond donors (Lipinski definition) is 5. The van der Waals surface area contributed by atoms with Gasteiger partial charge in [-0.2, -0.15) is 12.6 Å². The standard InChI is InChI=1S/C46H72N6O9S2/c1-10-30(6)41(50-44(58)37-13-11-12-21-51(37)9)46(59)52(27-60-40(55)23-28(2)3)38(29(4)5)25-39(61-32(8)53)45-49-36(26-63-45)43(57)48-34(24-31(7)42(56)47-20-22-62)17-14-33-15-18-35(54)19-16-33/h15-16,18-19,26,28-31,34,37-39,41,54,62H,10-14,17,20-25,27H2,1-9H3,(H,47,56)(H,48,57)(H,50,58)/t30-,31-,34-,37+,38+,39+,41-/m0/s1. The maximum atomic E-state index is 14.9. The molecule has 2 aromatic rings. The zero-order valence-electron chi connectivity index (χ0n) is 38.7. The average Bonchev–Trinajstić information content (AvgIpc) is 3.73. The molecule has 352 valence electrons. The smallest absolute Gasteiger partial charge is 0.307 e. The Morgan fingerprint density at radius 2 is 1.71 bits per heavy atom. The quantitative estimate of drug-likeness (QED) is 0.0441. The summed E-state index contributed by atoms with van der Waals surface area (Å²) in [5.41, 5.74) is 1.05. The molecule has 1 fully saturated rings. The van der Waals surface area contributed by atoms with Crippen LogP contribution in [0.3, 0.4) is 0 Å². The van der Waals surface area contributed by atoms with Crippen LogP contribution in [0.15, 0.2) is 29.6 Å². The number of ether oxygens (including phenoxy) is 2. The molecule has 1 aliphatic rings. The zero-order chi connectivity index (χ0) is 46.8. The molecule has 17 heteroatoms. The molecule has 1 aromatic carbocycles. The Bertz CT molecular complexity index is 1790. The van der Waals surface area contributed by atoms with Crippen molar-refractivity contribution in [3.8, 4) is 5.75 Å². The van der Waals surface area contributed by atoms with E-state index in [1.54, 1.807) is 24.4 Å². The molecular weight excluding hydrogens is 845 g/mol. The van der Waals surface area contributed by atoms with Gasteiger partial charge in [-0.05, 0) is 81.1 Å². The monoisotopic (exact) mass is 916 g/mol. The number of aryl methyl sites for hydroxylation is 1. The second-order valence-electron chi connectivity index (χ2n) is 17.7. The zero-order valence-corrected chi connectivity index (χ0v) is 40.4. The normalized spacial score (nSPS) is 17.2. The van der Waals surface area contributed by atoms with Crippen LogP contribution in [0.25, 0.3) is 0 Å². The van der Waals surface area contributed by atoms with Gasteiger partial charge in [0.15, 0.2) is 12.8 Å². The van der Waals surface area contributed by atoms with Gasteiger partial charge in [0, 0.05) is 55.4 Å². The van der Waals surface area contributed by atoms with Crippen LogP contribution in [0.1, 0.15) is 134 Å². The van der Waals surface area contributed by atoms with Crippen molar-refractivity contribution in [1.29, 1.82) is 0 Å². The summed E-state index contributed by atoms with van der Waals surface area (Å²) >= 11 is 5.32. The number of benzene rings is 1. The topological polar surface area (TPSA) is 197 Å². The van der Waals surface area contributed by atoms with Crippen molar-refractivity contribution >= 4 is 59.5 Å². The van der Waals surface area contributed by atoms with Crippen molar-refractivity contribution in [2.75, 3.05) is 32.6 Å². The van der Waals surface area contributed by atoms with Gasteiger partial charge in [0.25, 0.3) is 5.91 Å². The number of piperidine rings is 1. The fourth-order valence-electron chi connectivity index (χ4n) is 7.69. The van der Waals surface area contributed by atoms with Gasteiger partial charge in [0.2, 0.25) is 17.7 Å². The summed E-state index contributed by atoms with van der Waals surface area (Å²) in [5, 5.41) is 20.7. The van der Waals surface area contributed by atoms with E-state index >= 15 is 0 Å². The Balaban J connectivity index is 1.95. The van der Waals surface area contributed by atoms with Crippen LogP contribution in [-0.4, -0.2) is 112 Å². The summed E-state index contributed by atoms with van der Waals surface area (Å²) in [5.74, 6) is -2.60. The van der Waals surface area contributed by atoms with E-state index in [4.69, 9.17) is 9.47 Å². The first-order valence-corrected chi connectivity index (χ1v) is 23.9. The molecule has 2 heterocycles. The van der Waals surface area contributed by atoms with Gasteiger partial charge in [0.05, 0.1) is 6.04 Å². The SMILES string of the molecule is CC[C@H](C)[C@H](NC(=O)[C@H]1CCCCN1C)C(=O)N(COC(=O)CC(C)C)[C@H](C[C@@H](OC(C)=O)c1nc(C(=O)N[C@@H](CCc2ccc(O)cc2)C[C@H](C)C(=O)NCCS)cs1)C(C)C. The van der Waals surface area contributed by atoms with Crippen LogP contribution in [-0.2, 0) is 39.9 Å². The van der Waals surface area contributed by atoms with E-state index in [1.165, 1.54) is 11.8 Å². The Hall–Kier alpha value is -4.22. The van der Waals surface area contributed by atoms with Crippen molar-refractivity contribution in [3.05, 3.63) is 45.9 Å². The summed E-state index contributed by atoms with van der Waals surface area (Å²) < 4.78 is 11.6. The number of thiol groups is 1. The number of esters is 2. The number of amides is 4. The third-order valence-electron chi connectivity index (χ3n) is 11.6. The van der Waals surface area contributed by atoms with Crippen LogP contribution in [0, 0.1) is 23.7 Å². The highest BCUT2D eigenvalue weighted by atomic mass is 32.1. The number of hydrogen-bond acceptors (Lipinski definition) is 13. The summed E-state index contributed by atoms with van der Waals surface area (Å²) in [7, 11) is 1.91. The Morgan fingerprint density at radius 3 is 2.32 bits per heavy atom. The highest BCUT2D eigenvalue weighted by Gasteiger charge is 2.39. The molecule has 7 atom stereocenters. The van der Waals surface area contributed by atoms with E-state index in [0.717, 1.165) is 36.3 Å². The molecule has 0 spiro atoms. The molecule has 0 bridgehead atoms. The number of carbonyl (C=O) groups excluding carboxylic acids is 6. The fraction of sp³-hybridized carbons (Fsp3) is 0.674. The number of rotatable bonds is 25. The number of likely N-dealkylation sites (N-methyl/N-ethyl adjacent to an activating group) is 1. The molecule has 1 aromatic heterocycles. The van der Waals surface area contributed by atoms with E-state index in [2.05, 4.69) is 33.6 Å². The number of aromatic nitrogens is 1. The Labute approximate surface area is 383 Å². The predicted octanol–water partition coefficient (Wildman–Crippen LogP) is 6.06. The lowest BCUT2D eigenvalue weighted by Gasteiger charge is -2.39. The summed E-state index contributed by atoms with van der Waals surface area (Å²) in [6.07, 6.45) is 3.82. The van der Waals surface area contributed by atoms with E-state index < -0.39 is 53.9 Å². The average molecular weight is 917 g/mol. The number of thiazole rings is 1. The maximum Gasteiger partial charge on any atom is 0.307 e. The summed E-state index contributed by atoms with van der Waals surface area (Å²) in [4.78, 5) is 89.1. The van der Waals surface area contributed by atoms with Gasteiger partial charge in [0.1, 0.15) is 22.5 Å². The highest BCUT2D eigenvalue weighted by Crippen LogP contribution is 2.32. The molecule has 4 amide bonds. The second-order valence-corrected chi connectivity index (χ2v) is 19.0. The van der Waals surface area contributed by atoms with Crippen LogP contribution in [0.2, 0.25) is 0 Å². The van der Waals surface area contributed by atoms with Gasteiger partial charge >= 0.3 is 11.9 Å². The molecule has 0 unspecified atom stereocenters. The minimum absolute atomic E-state index is 0.0207. The molecule has 0 radical (unpaired) electrons. The molecule has 1 saturated heterocycles. The first kappa shape index (κ1) is 53.1. The largest absolute Gasteiger partial charge is 0.508 e. The molecule has 0 aliphatic carbocycles. The van der Waals surface area contributed by atoms with Gasteiger partial charge in [-0.1, -0.05) is 73.4 Å². The lowest BCUT2D eigenvalue weighted by atomic mass is 9.92. The minimum atomic E-state index is -0.989. The third-order valence-corrected chi connectivity index (χ3v) is 12.7. The van der Waals surface area contributed by atoms with Gasteiger partial charge < -0.3 is 35.4 Å². The lowest BCUT2D eigenvalue weighted by molar-refractivity contribution is -0.161.